The minimum absolute atomic E-state index is 0. The molecule has 1 aliphatic carbocycles. The highest BCUT2D eigenvalue weighted by molar-refractivity contribution is 5.77. The monoisotopic (exact) mass is 434 g/mol. The van der Waals surface area contributed by atoms with Crippen LogP contribution in [0.2, 0.25) is 0 Å². The highest BCUT2D eigenvalue weighted by Gasteiger charge is 2.24. The largest absolute Gasteiger partial charge is 0.497 e. The lowest BCUT2D eigenvalue weighted by molar-refractivity contribution is 0.415. The number of hydrogen-bond donors (Lipinski definition) is 2. The molecule has 1 aliphatic rings. The smallest absolute Gasteiger partial charge is 0.229 e. The van der Waals surface area contributed by atoms with Crippen LogP contribution in [0.15, 0.2) is 54.7 Å². The summed E-state index contributed by atoms with van der Waals surface area (Å²) >= 11 is 0. The molecule has 0 bridgehead atoms. The Morgan fingerprint density at radius 3 is 2.50 bits per heavy atom. The lowest BCUT2D eigenvalue weighted by Gasteiger charge is -2.16. The third kappa shape index (κ3) is 4.34. The van der Waals surface area contributed by atoms with Crippen molar-refractivity contribution in [3.05, 3.63) is 60.5 Å². The Balaban J connectivity index is 0.00000245. The number of fused-ring (bicyclic) bond motifs is 1. The first kappa shape index (κ1) is 21.5. The van der Waals surface area contributed by atoms with Crippen molar-refractivity contribution < 1.29 is 9.13 Å². The molecular weight excluding hydrogens is 407 g/mol. The van der Waals surface area contributed by atoms with E-state index in [1.165, 1.54) is 25.0 Å². The topological polar surface area (TPSA) is 76.9 Å². The standard InChI is InChI=1S/C23H23FN6O.CH4/c1-31-19-11-9-16(10-12-19)26-22-25-14-20-21(29-22)30(18-7-2-3-8-18)23(28-20)27-17-6-4-5-15(24)13-17;/h4-6,9-14,18H,2-3,7-8H2,1H3,(H,27,28)(H,25,26,29);1H4. The van der Waals surface area contributed by atoms with E-state index < -0.39 is 0 Å². The van der Waals surface area contributed by atoms with Crippen LogP contribution < -0.4 is 15.4 Å². The van der Waals surface area contributed by atoms with Crippen LogP contribution in [0.3, 0.4) is 0 Å². The lowest BCUT2D eigenvalue weighted by atomic mass is 10.2. The molecule has 8 heteroatoms. The van der Waals surface area contributed by atoms with Gasteiger partial charge in [0.2, 0.25) is 11.9 Å². The average molecular weight is 435 g/mol. The summed E-state index contributed by atoms with van der Waals surface area (Å²) in [6.45, 7) is 0. The Morgan fingerprint density at radius 1 is 1.00 bits per heavy atom. The zero-order valence-corrected chi connectivity index (χ0v) is 17.2. The zero-order chi connectivity index (χ0) is 21.2. The third-order valence-electron chi connectivity index (χ3n) is 5.55. The second-order valence-corrected chi connectivity index (χ2v) is 7.63. The summed E-state index contributed by atoms with van der Waals surface area (Å²) in [6.07, 6.45) is 6.19. The maximum Gasteiger partial charge on any atom is 0.229 e. The van der Waals surface area contributed by atoms with Crippen LogP contribution in [0.5, 0.6) is 5.75 Å². The third-order valence-corrected chi connectivity index (χ3v) is 5.55. The van der Waals surface area contributed by atoms with Crippen molar-refractivity contribution in [3.8, 4) is 5.75 Å². The molecular formula is C24H27FN6O. The van der Waals surface area contributed by atoms with E-state index in [1.807, 2.05) is 30.3 Å². The van der Waals surface area contributed by atoms with E-state index in [0.717, 1.165) is 29.9 Å². The van der Waals surface area contributed by atoms with Crippen LogP contribution in [0, 0.1) is 5.82 Å². The van der Waals surface area contributed by atoms with Crippen LogP contribution in [0.4, 0.5) is 27.7 Å². The number of anilines is 4. The van der Waals surface area contributed by atoms with Crippen LogP contribution in [0.25, 0.3) is 11.2 Å². The molecule has 166 valence electrons. The summed E-state index contributed by atoms with van der Waals surface area (Å²) in [7, 11) is 1.64. The van der Waals surface area contributed by atoms with Gasteiger partial charge in [-0.3, -0.25) is 4.57 Å². The fourth-order valence-electron chi connectivity index (χ4n) is 4.05. The predicted molar refractivity (Wildman–Crippen MR) is 126 cm³/mol. The Labute approximate surface area is 186 Å². The van der Waals surface area contributed by atoms with Gasteiger partial charge in [0.05, 0.1) is 13.3 Å². The predicted octanol–water partition coefficient (Wildman–Crippen LogP) is 6.21. The van der Waals surface area contributed by atoms with Crippen LogP contribution >= 0.6 is 0 Å². The molecule has 4 aromatic rings. The van der Waals surface area contributed by atoms with Crippen LogP contribution in [-0.2, 0) is 0 Å². The Hall–Kier alpha value is -3.68. The molecule has 0 atom stereocenters. The molecule has 1 saturated carbocycles. The van der Waals surface area contributed by atoms with Crippen molar-refractivity contribution in [1.82, 2.24) is 19.5 Å². The van der Waals surface area contributed by atoms with Gasteiger partial charge >= 0.3 is 0 Å². The van der Waals surface area contributed by atoms with Crippen LogP contribution in [-0.4, -0.2) is 26.6 Å². The summed E-state index contributed by atoms with van der Waals surface area (Å²) in [5.41, 5.74) is 2.98. The van der Waals surface area contributed by atoms with Gasteiger partial charge in [0, 0.05) is 17.4 Å². The molecule has 1 fully saturated rings. The Kier molecular flexibility index (Phi) is 6.20. The zero-order valence-electron chi connectivity index (χ0n) is 17.2. The second kappa shape index (κ2) is 9.21. The van der Waals surface area contributed by atoms with Crippen molar-refractivity contribution in [1.29, 1.82) is 0 Å². The van der Waals surface area contributed by atoms with Gasteiger partial charge in [-0.05, 0) is 55.3 Å². The number of ether oxygens (including phenoxy) is 1. The number of aromatic nitrogens is 4. The Morgan fingerprint density at radius 2 is 1.78 bits per heavy atom. The SMILES string of the molecule is C.COc1ccc(Nc2ncc3nc(Nc4cccc(F)c4)n(C4CCCC4)c3n2)cc1. The van der Waals surface area contributed by atoms with E-state index in [9.17, 15) is 4.39 Å². The first-order chi connectivity index (χ1) is 15.2. The minimum Gasteiger partial charge on any atom is -0.497 e. The van der Waals surface area contributed by atoms with Gasteiger partial charge in [0.15, 0.2) is 5.65 Å². The molecule has 0 saturated heterocycles. The quantitative estimate of drug-likeness (QED) is 0.376. The molecule has 2 heterocycles. The van der Waals surface area contributed by atoms with Gasteiger partial charge in [-0.2, -0.15) is 4.98 Å². The van der Waals surface area contributed by atoms with E-state index in [4.69, 9.17) is 14.7 Å². The van der Waals surface area contributed by atoms with E-state index in [1.54, 1.807) is 19.4 Å². The number of hydrogen-bond acceptors (Lipinski definition) is 6. The van der Waals surface area contributed by atoms with Crippen molar-refractivity contribution in [3.63, 3.8) is 0 Å². The molecule has 0 radical (unpaired) electrons. The maximum atomic E-state index is 13.7. The van der Waals surface area contributed by atoms with Gasteiger partial charge < -0.3 is 15.4 Å². The maximum absolute atomic E-state index is 13.7. The molecule has 2 N–H and O–H groups in total. The lowest BCUT2D eigenvalue weighted by Crippen LogP contribution is -2.10. The van der Waals surface area contributed by atoms with E-state index in [-0.39, 0.29) is 13.2 Å². The van der Waals surface area contributed by atoms with E-state index >= 15 is 0 Å². The van der Waals surface area contributed by atoms with Crippen molar-refractivity contribution in [2.45, 2.75) is 39.2 Å². The highest BCUT2D eigenvalue weighted by Crippen LogP contribution is 2.36. The highest BCUT2D eigenvalue weighted by atomic mass is 19.1. The number of nitrogens with zero attached hydrogens (tertiary/aromatic N) is 4. The van der Waals surface area contributed by atoms with E-state index in [2.05, 4.69) is 20.2 Å². The van der Waals surface area contributed by atoms with Gasteiger partial charge in [-0.25, -0.2) is 14.4 Å². The van der Waals surface area contributed by atoms with Gasteiger partial charge in [-0.1, -0.05) is 26.3 Å². The molecule has 0 unspecified atom stereocenters. The molecule has 2 aromatic carbocycles. The first-order valence-electron chi connectivity index (χ1n) is 10.4. The molecule has 5 rings (SSSR count). The molecule has 0 amide bonds. The van der Waals surface area contributed by atoms with E-state index in [0.29, 0.717) is 29.1 Å². The number of imidazole rings is 1. The van der Waals surface area contributed by atoms with Gasteiger partial charge in [-0.15, -0.1) is 0 Å². The van der Waals surface area contributed by atoms with Crippen molar-refractivity contribution in [2.75, 3.05) is 17.7 Å². The molecule has 2 aromatic heterocycles. The molecule has 32 heavy (non-hydrogen) atoms. The number of methoxy groups -OCH3 is 1. The average Bonchev–Trinajstić information content (AvgIpc) is 3.41. The molecule has 0 spiro atoms. The van der Waals surface area contributed by atoms with Crippen molar-refractivity contribution >= 4 is 34.4 Å². The second-order valence-electron chi connectivity index (χ2n) is 7.63. The van der Waals surface area contributed by atoms with Crippen molar-refractivity contribution in [2.24, 2.45) is 0 Å². The number of rotatable bonds is 6. The van der Waals surface area contributed by atoms with Gasteiger partial charge in [0.25, 0.3) is 0 Å². The number of halogens is 1. The Bertz CT molecular complexity index is 1200. The number of benzene rings is 2. The van der Waals surface area contributed by atoms with Crippen LogP contribution in [0.1, 0.15) is 39.2 Å². The summed E-state index contributed by atoms with van der Waals surface area (Å²) < 4.78 is 21.0. The summed E-state index contributed by atoms with van der Waals surface area (Å²) in [5, 5.41) is 6.51. The fourth-order valence-corrected chi connectivity index (χ4v) is 4.05. The first-order valence-corrected chi connectivity index (χ1v) is 10.4. The summed E-state index contributed by atoms with van der Waals surface area (Å²) in [4.78, 5) is 13.9. The minimum atomic E-state index is -0.292. The fraction of sp³-hybridized carbons (Fsp3) is 0.292. The van der Waals surface area contributed by atoms with Gasteiger partial charge in [0.1, 0.15) is 17.1 Å². The summed E-state index contributed by atoms with van der Waals surface area (Å²) in [5.74, 6) is 1.64. The number of nitrogens with one attached hydrogen (secondary N) is 2. The summed E-state index contributed by atoms with van der Waals surface area (Å²) in [6, 6.07) is 14.3. The molecule has 0 aliphatic heterocycles. The molecule has 7 nitrogen and oxygen atoms in total. The normalized spacial score (nSPS) is 13.7.